The van der Waals surface area contributed by atoms with E-state index in [1.807, 2.05) is 0 Å². The molecule has 0 saturated carbocycles. The molecular formula is C5H11N3. The molecule has 0 radical (unpaired) electrons. The first-order chi connectivity index (χ1) is 3.66. The molecule has 3 heteroatoms. The van der Waals surface area contributed by atoms with Gasteiger partial charge in [0.1, 0.15) is 5.84 Å². The van der Waals surface area contributed by atoms with Gasteiger partial charge in [0.05, 0.1) is 0 Å². The molecule has 0 amide bonds. The van der Waals surface area contributed by atoms with E-state index >= 15 is 0 Å². The molecular weight excluding hydrogens is 102 g/mol. The van der Waals surface area contributed by atoms with E-state index < -0.39 is 0 Å². The van der Waals surface area contributed by atoms with Crippen LogP contribution in [0.25, 0.3) is 0 Å². The molecule has 0 rings (SSSR count). The highest BCUT2D eigenvalue weighted by atomic mass is 15.2. The predicted octanol–water partition coefficient (Wildman–Crippen LogP) is 0.402. The molecule has 0 fully saturated rings. The number of nitrogens with two attached hydrogens (primary N) is 1. The maximum atomic E-state index is 5.00. The summed E-state index contributed by atoms with van der Waals surface area (Å²) < 4.78 is 0. The van der Waals surface area contributed by atoms with Crippen LogP contribution >= 0.6 is 0 Å². The number of hydrogen-bond acceptors (Lipinski definition) is 2. The second-order valence-corrected chi connectivity index (χ2v) is 1.58. The molecule has 0 atom stereocenters. The second kappa shape index (κ2) is 3.21. The van der Waals surface area contributed by atoms with Crippen LogP contribution in [0.1, 0.15) is 13.8 Å². The van der Waals surface area contributed by atoms with Crippen molar-refractivity contribution in [3.63, 3.8) is 0 Å². The molecule has 0 unspecified atom stereocenters. The molecule has 46 valence electrons. The molecule has 0 heterocycles. The fourth-order valence-electron chi connectivity index (χ4n) is 0.319. The third-order valence-corrected chi connectivity index (χ3v) is 0.567. The predicted molar refractivity (Wildman–Crippen MR) is 35.2 cm³/mol. The van der Waals surface area contributed by atoms with Crippen molar-refractivity contribution in [2.45, 2.75) is 13.8 Å². The third kappa shape index (κ3) is 3.36. The largest absolute Gasteiger partial charge is 0.312 e. The molecule has 0 aromatic rings. The molecule has 0 aliphatic rings. The van der Waals surface area contributed by atoms with Crippen LogP contribution < -0.4 is 11.3 Å². The van der Waals surface area contributed by atoms with Crippen LogP contribution in [0.3, 0.4) is 0 Å². The molecule has 0 aromatic carbocycles. The van der Waals surface area contributed by atoms with Gasteiger partial charge in [-0.1, -0.05) is 6.58 Å². The van der Waals surface area contributed by atoms with E-state index in [0.29, 0.717) is 5.84 Å². The van der Waals surface area contributed by atoms with Gasteiger partial charge < -0.3 is 5.43 Å². The number of nitrogens with one attached hydrogen (secondary N) is 1. The fraction of sp³-hybridized carbons (Fsp3) is 0.400. The van der Waals surface area contributed by atoms with E-state index in [1.54, 1.807) is 13.8 Å². The molecule has 0 aliphatic carbocycles. The molecule has 0 spiro atoms. The Morgan fingerprint density at radius 2 is 2.12 bits per heavy atom. The van der Waals surface area contributed by atoms with E-state index in [9.17, 15) is 0 Å². The highest BCUT2D eigenvalue weighted by molar-refractivity contribution is 5.79. The van der Waals surface area contributed by atoms with Crippen LogP contribution in [0.15, 0.2) is 17.3 Å². The minimum atomic E-state index is 0.678. The first-order valence-corrected chi connectivity index (χ1v) is 2.34. The molecule has 0 aliphatic heterocycles. The van der Waals surface area contributed by atoms with Gasteiger partial charge in [-0.3, -0.25) is 0 Å². The van der Waals surface area contributed by atoms with Crippen LogP contribution in [0.4, 0.5) is 0 Å². The summed E-state index contributed by atoms with van der Waals surface area (Å²) in [6.07, 6.45) is 0. The zero-order valence-corrected chi connectivity index (χ0v) is 5.23. The van der Waals surface area contributed by atoms with Crippen LogP contribution in [0, 0.1) is 0 Å². The SMILES string of the molecule is C=C(C)/N=C(/C)NN. The van der Waals surface area contributed by atoms with E-state index in [1.165, 1.54) is 0 Å². The van der Waals surface area contributed by atoms with Crippen LogP contribution in [0.2, 0.25) is 0 Å². The van der Waals surface area contributed by atoms with Gasteiger partial charge in [-0.2, -0.15) is 0 Å². The van der Waals surface area contributed by atoms with Crippen molar-refractivity contribution in [1.82, 2.24) is 5.43 Å². The summed E-state index contributed by atoms with van der Waals surface area (Å²) in [6, 6.07) is 0. The summed E-state index contributed by atoms with van der Waals surface area (Å²) in [5.74, 6) is 5.68. The molecule has 0 aromatic heterocycles. The Morgan fingerprint density at radius 3 is 2.25 bits per heavy atom. The van der Waals surface area contributed by atoms with Crippen LogP contribution in [-0.2, 0) is 0 Å². The van der Waals surface area contributed by atoms with Crippen LogP contribution in [0.5, 0.6) is 0 Å². The van der Waals surface area contributed by atoms with Crippen molar-refractivity contribution in [1.29, 1.82) is 0 Å². The van der Waals surface area contributed by atoms with Gasteiger partial charge in [0.25, 0.3) is 0 Å². The quantitative estimate of drug-likeness (QED) is 0.224. The highest BCUT2D eigenvalue weighted by Gasteiger charge is 1.80. The van der Waals surface area contributed by atoms with Gasteiger partial charge in [-0.05, 0) is 13.8 Å². The lowest BCUT2D eigenvalue weighted by atomic mass is 10.6. The first kappa shape index (κ1) is 7.17. The summed E-state index contributed by atoms with van der Waals surface area (Å²) in [4.78, 5) is 3.88. The monoisotopic (exact) mass is 113 g/mol. The van der Waals surface area contributed by atoms with Gasteiger partial charge in [-0.25, -0.2) is 10.8 Å². The van der Waals surface area contributed by atoms with Crippen molar-refractivity contribution in [3.8, 4) is 0 Å². The third-order valence-electron chi connectivity index (χ3n) is 0.567. The minimum Gasteiger partial charge on any atom is -0.312 e. The molecule has 8 heavy (non-hydrogen) atoms. The minimum absolute atomic E-state index is 0.678. The van der Waals surface area contributed by atoms with Gasteiger partial charge in [0.15, 0.2) is 0 Å². The van der Waals surface area contributed by atoms with Crippen LogP contribution in [-0.4, -0.2) is 5.84 Å². The first-order valence-electron chi connectivity index (χ1n) is 2.34. The highest BCUT2D eigenvalue weighted by Crippen LogP contribution is 1.86. The number of allylic oxidation sites excluding steroid dienone is 1. The van der Waals surface area contributed by atoms with Crippen molar-refractivity contribution < 1.29 is 0 Å². The maximum Gasteiger partial charge on any atom is 0.113 e. The van der Waals surface area contributed by atoms with Crippen molar-refractivity contribution >= 4 is 5.84 Å². The van der Waals surface area contributed by atoms with Crippen molar-refractivity contribution in [2.75, 3.05) is 0 Å². The molecule has 0 bridgehead atoms. The Morgan fingerprint density at radius 1 is 1.62 bits per heavy atom. The Kier molecular flexibility index (Phi) is 2.88. The molecule has 0 saturated heterocycles. The lowest BCUT2D eigenvalue weighted by Gasteiger charge is -1.94. The van der Waals surface area contributed by atoms with Gasteiger partial charge >= 0.3 is 0 Å². The van der Waals surface area contributed by atoms with E-state index in [0.717, 1.165) is 5.70 Å². The maximum absolute atomic E-state index is 5.00. The van der Waals surface area contributed by atoms with Gasteiger partial charge in [0, 0.05) is 5.70 Å². The number of nitrogens with zero attached hydrogens (tertiary/aromatic N) is 1. The smallest absolute Gasteiger partial charge is 0.113 e. The van der Waals surface area contributed by atoms with E-state index in [2.05, 4.69) is 17.0 Å². The standard InChI is InChI=1S/C5H11N3/c1-4(2)7-5(3)8-6/h1,6H2,2-3H3,(H,7,8). The lowest BCUT2D eigenvalue weighted by molar-refractivity contribution is 1.01. The van der Waals surface area contributed by atoms with Crippen molar-refractivity contribution in [2.24, 2.45) is 10.8 Å². The number of rotatable bonds is 1. The number of amidine groups is 1. The summed E-state index contributed by atoms with van der Waals surface area (Å²) in [5.41, 5.74) is 3.14. The molecule has 3 nitrogen and oxygen atoms in total. The van der Waals surface area contributed by atoms with Gasteiger partial charge in [0.2, 0.25) is 0 Å². The summed E-state index contributed by atoms with van der Waals surface area (Å²) in [5, 5.41) is 0. The number of hydrogen-bond donors (Lipinski definition) is 2. The number of aliphatic imine (C=N–C) groups is 1. The average Bonchev–Trinajstić information content (AvgIpc) is 1.65. The Balaban J connectivity index is 3.75. The summed E-state index contributed by atoms with van der Waals surface area (Å²) in [6.45, 7) is 7.14. The second-order valence-electron chi connectivity index (χ2n) is 1.58. The lowest BCUT2D eigenvalue weighted by Crippen LogP contribution is -2.27. The van der Waals surface area contributed by atoms with Crippen molar-refractivity contribution in [3.05, 3.63) is 12.3 Å². The normalized spacial score (nSPS) is 11.1. The van der Waals surface area contributed by atoms with E-state index in [4.69, 9.17) is 5.84 Å². The Hall–Kier alpha value is -0.830. The van der Waals surface area contributed by atoms with Gasteiger partial charge in [-0.15, -0.1) is 0 Å². The van der Waals surface area contributed by atoms with E-state index in [-0.39, 0.29) is 0 Å². The zero-order chi connectivity index (χ0) is 6.57. The average molecular weight is 113 g/mol. The zero-order valence-electron chi connectivity index (χ0n) is 5.23. The Bertz CT molecular complexity index is 115. The fourth-order valence-corrected chi connectivity index (χ4v) is 0.319. The summed E-state index contributed by atoms with van der Waals surface area (Å²) >= 11 is 0. The topological polar surface area (TPSA) is 50.4 Å². The Labute approximate surface area is 49.3 Å². The number of hydrazine groups is 1. The summed E-state index contributed by atoms with van der Waals surface area (Å²) in [7, 11) is 0. The molecule has 3 N–H and O–H groups in total.